The number of nitrogens with two attached hydrogens (primary N) is 1. The van der Waals surface area contributed by atoms with Gasteiger partial charge in [0.05, 0.1) is 18.3 Å². The van der Waals surface area contributed by atoms with Gasteiger partial charge in [0, 0.05) is 6.54 Å². The lowest BCUT2D eigenvalue weighted by atomic mass is 9.93. The largest absolute Gasteiger partial charge is 0.480 e. The molecule has 1 aliphatic rings. The number of rotatable bonds is 4. The van der Waals surface area contributed by atoms with Crippen LogP contribution in [0.3, 0.4) is 0 Å². The Morgan fingerprint density at radius 2 is 2.17 bits per heavy atom. The Bertz CT molecular complexity index is 549. The number of carboxylic acids is 1. The van der Waals surface area contributed by atoms with E-state index in [1.54, 1.807) is 17.0 Å². The molecule has 1 aliphatic heterocycles. The third-order valence-corrected chi connectivity index (χ3v) is 3.81. The number of carbonyl (C=O) groups excluding carboxylic acids is 1. The molecular weight excluding hydrogens is 300 g/mol. The van der Waals surface area contributed by atoms with E-state index in [0.717, 1.165) is 0 Å². The molecule has 1 aromatic rings. The summed E-state index contributed by atoms with van der Waals surface area (Å²) < 4.78 is 10.6. The molecular formula is C16H24N2O5. The molecule has 3 unspecified atom stereocenters. The van der Waals surface area contributed by atoms with E-state index in [1.165, 1.54) is 6.26 Å². The molecule has 7 nitrogen and oxygen atoms in total. The molecule has 1 fully saturated rings. The molecule has 0 bridgehead atoms. The van der Waals surface area contributed by atoms with Crippen molar-refractivity contribution >= 4 is 11.9 Å². The van der Waals surface area contributed by atoms with Crippen molar-refractivity contribution < 1.29 is 23.8 Å². The van der Waals surface area contributed by atoms with Gasteiger partial charge in [0.15, 0.2) is 6.04 Å². The predicted molar refractivity (Wildman–Crippen MR) is 82.3 cm³/mol. The van der Waals surface area contributed by atoms with Gasteiger partial charge in [-0.3, -0.25) is 14.5 Å². The first kappa shape index (κ1) is 17.5. The number of furan rings is 1. The van der Waals surface area contributed by atoms with Crippen LogP contribution in [-0.2, 0) is 14.3 Å². The van der Waals surface area contributed by atoms with Crippen molar-refractivity contribution in [1.82, 2.24) is 4.90 Å². The SMILES string of the molecule is CC(C)(C)OC(=O)C1CCN(C(C(=O)O)c2ccco2)C(N)C1. The zero-order chi connectivity index (χ0) is 17.2. The monoisotopic (exact) mass is 324 g/mol. The Kier molecular flexibility index (Phi) is 5.11. The van der Waals surface area contributed by atoms with Crippen LogP contribution in [0.2, 0.25) is 0 Å². The van der Waals surface area contributed by atoms with Crippen LogP contribution in [0.4, 0.5) is 0 Å². The maximum absolute atomic E-state index is 12.2. The summed E-state index contributed by atoms with van der Waals surface area (Å²) >= 11 is 0. The Morgan fingerprint density at radius 3 is 2.65 bits per heavy atom. The number of hydrogen-bond donors (Lipinski definition) is 2. The van der Waals surface area contributed by atoms with Gasteiger partial charge in [-0.25, -0.2) is 0 Å². The number of likely N-dealkylation sites (tertiary alicyclic amines) is 1. The van der Waals surface area contributed by atoms with Crippen LogP contribution in [0.15, 0.2) is 22.8 Å². The van der Waals surface area contributed by atoms with Crippen molar-refractivity contribution in [3.8, 4) is 0 Å². The summed E-state index contributed by atoms with van der Waals surface area (Å²) in [4.78, 5) is 25.4. The Labute approximate surface area is 135 Å². The highest BCUT2D eigenvalue weighted by Gasteiger charge is 2.39. The van der Waals surface area contributed by atoms with Crippen molar-refractivity contribution in [2.45, 2.75) is 51.4 Å². The number of carbonyl (C=O) groups is 2. The van der Waals surface area contributed by atoms with Crippen molar-refractivity contribution in [2.24, 2.45) is 11.7 Å². The average molecular weight is 324 g/mol. The number of hydrogen-bond acceptors (Lipinski definition) is 6. The third-order valence-electron chi connectivity index (χ3n) is 3.81. The second kappa shape index (κ2) is 6.72. The summed E-state index contributed by atoms with van der Waals surface area (Å²) in [5.74, 6) is -1.28. The second-order valence-corrected chi connectivity index (χ2v) is 6.82. The molecule has 3 atom stereocenters. The minimum Gasteiger partial charge on any atom is -0.480 e. The average Bonchev–Trinajstić information content (AvgIpc) is 2.92. The fourth-order valence-electron chi connectivity index (χ4n) is 2.81. The third kappa shape index (κ3) is 4.33. The van der Waals surface area contributed by atoms with Crippen LogP contribution in [0.25, 0.3) is 0 Å². The molecule has 2 heterocycles. The van der Waals surface area contributed by atoms with Crippen LogP contribution >= 0.6 is 0 Å². The molecule has 3 N–H and O–H groups in total. The van der Waals surface area contributed by atoms with E-state index < -0.39 is 23.8 Å². The summed E-state index contributed by atoms with van der Waals surface area (Å²) in [6, 6.07) is 2.31. The fraction of sp³-hybridized carbons (Fsp3) is 0.625. The smallest absolute Gasteiger partial charge is 0.328 e. The summed E-state index contributed by atoms with van der Waals surface area (Å²) in [7, 11) is 0. The number of nitrogens with zero attached hydrogens (tertiary/aromatic N) is 1. The van der Waals surface area contributed by atoms with E-state index in [4.69, 9.17) is 14.9 Å². The molecule has 1 saturated heterocycles. The van der Waals surface area contributed by atoms with Gasteiger partial charge in [0.2, 0.25) is 0 Å². The van der Waals surface area contributed by atoms with Gasteiger partial charge in [0.1, 0.15) is 11.4 Å². The molecule has 0 radical (unpaired) electrons. The predicted octanol–water partition coefficient (Wildman–Crippen LogP) is 1.74. The molecule has 0 aliphatic carbocycles. The van der Waals surface area contributed by atoms with E-state index in [0.29, 0.717) is 25.1 Å². The minimum atomic E-state index is -1.02. The van der Waals surface area contributed by atoms with Gasteiger partial charge in [-0.05, 0) is 45.7 Å². The van der Waals surface area contributed by atoms with E-state index >= 15 is 0 Å². The molecule has 0 amide bonds. The number of ether oxygens (including phenoxy) is 1. The van der Waals surface area contributed by atoms with Gasteiger partial charge in [-0.1, -0.05) is 0 Å². The first-order valence-electron chi connectivity index (χ1n) is 7.69. The zero-order valence-electron chi connectivity index (χ0n) is 13.7. The molecule has 1 aromatic heterocycles. The first-order chi connectivity index (χ1) is 10.7. The number of aliphatic carboxylic acids is 1. The maximum Gasteiger partial charge on any atom is 0.328 e. The number of carboxylic acid groups (broad SMARTS) is 1. The first-order valence-corrected chi connectivity index (χ1v) is 7.69. The fourth-order valence-corrected chi connectivity index (χ4v) is 2.81. The van der Waals surface area contributed by atoms with Gasteiger partial charge in [-0.2, -0.15) is 0 Å². The van der Waals surface area contributed by atoms with Crippen molar-refractivity contribution in [1.29, 1.82) is 0 Å². The van der Waals surface area contributed by atoms with Crippen LogP contribution in [0.5, 0.6) is 0 Å². The molecule has 0 spiro atoms. The summed E-state index contributed by atoms with van der Waals surface area (Å²) in [5.41, 5.74) is 5.58. The Morgan fingerprint density at radius 1 is 1.48 bits per heavy atom. The van der Waals surface area contributed by atoms with Gasteiger partial charge >= 0.3 is 11.9 Å². The maximum atomic E-state index is 12.2. The van der Waals surface area contributed by atoms with Gasteiger partial charge in [-0.15, -0.1) is 0 Å². The summed E-state index contributed by atoms with van der Waals surface area (Å²) in [6.07, 6.45) is 1.75. The van der Waals surface area contributed by atoms with Crippen molar-refractivity contribution in [2.75, 3.05) is 6.54 Å². The molecule has 2 rings (SSSR count). The lowest BCUT2D eigenvalue weighted by molar-refractivity contribution is -0.163. The quantitative estimate of drug-likeness (QED) is 0.812. The minimum absolute atomic E-state index is 0.280. The highest BCUT2D eigenvalue weighted by atomic mass is 16.6. The molecule has 7 heteroatoms. The van der Waals surface area contributed by atoms with Crippen molar-refractivity contribution in [3.63, 3.8) is 0 Å². The lowest BCUT2D eigenvalue weighted by Crippen LogP contribution is -2.52. The normalized spacial score (nSPS) is 24.2. The highest BCUT2D eigenvalue weighted by molar-refractivity contribution is 5.75. The van der Waals surface area contributed by atoms with Crippen LogP contribution < -0.4 is 5.73 Å². The Balaban J connectivity index is 2.06. The lowest BCUT2D eigenvalue weighted by Gasteiger charge is -2.39. The second-order valence-electron chi connectivity index (χ2n) is 6.82. The molecule has 23 heavy (non-hydrogen) atoms. The zero-order valence-corrected chi connectivity index (χ0v) is 13.7. The summed E-state index contributed by atoms with van der Waals surface area (Å²) in [5, 5.41) is 9.49. The standard InChI is InChI=1S/C16H24N2O5/c1-16(2,3)23-15(21)10-6-7-18(12(17)9-10)13(14(19)20)11-5-4-8-22-11/h4-5,8,10,12-13H,6-7,9,17H2,1-3H3,(H,19,20). The van der Waals surface area contributed by atoms with E-state index in [9.17, 15) is 14.7 Å². The van der Waals surface area contributed by atoms with Crippen LogP contribution in [0.1, 0.15) is 45.4 Å². The molecule has 0 aromatic carbocycles. The summed E-state index contributed by atoms with van der Waals surface area (Å²) in [6.45, 7) is 5.84. The van der Waals surface area contributed by atoms with Gasteiger partial charge < -0.3 is 20.0 Å². The topological polar surface area (TPSA) is 106 Å². The van der Waals surface area contributed by atoms with E-state index in [-0.39, 0.29) is 11.9 Å². The van der Waals surface area contributed by atoms with E-state index in [2.05, 4.69) is 0 Å². The van der Waals surface area contributed by atoms with E-state index in [1.807, 2.05) is 20.8 Å². The number of piperidine rings is 1. The molecule has 128 valence electrons. The van der Waals surface area contributed by atoms with Gasteiger partial charge in [0.25, 0.3) is 0 Å². The Hall–Kier alpha value is -1.86. The number of esters is 1. The molecule has 0 saturated carbocycles. The van der Waals surface area contributed by atoms with Crippen LogP contribution in [-0.4, -0.2) is 40.3 Å². The van der Waals surface area contributed by atoms with Crippen LogP contribution in [0, 0.1) is 5.92 Å². The van der Waals surface area contributed by atoms with Crippen molar-refractivity contribution in [3.05, 3.63) is 24.2 Å². The highest BCUT2D eigenvalue weighted by Crippen LogP contribution is 2.31.